The molecule has 1 unspecified atom stereocenters. The molecule has 0 aliphatic rings. The first-order chi connectivity index (χ1) is 8.22. The number of anilines is 1. The highest BCUT2D eigenvalue weighted by molar-refractivity contribution is 9.10. The molecule has 0 radical (unpaired) electrons. The second-order valence-electron chi connectivity index (χ2n) is 3.99. The Labute approximate surface area is 110 Å². The number of pyridine rings is 1. The second kappa shape index (κ2) is 5.32. The van der Waals surface area contributed by atoms with Crippen molar-refractivity contribution in [2.24, 2.45) is 0 Å². The molecule has 0 aliphatic carbocycles. The Morgan fingerprint density at radius 1 is 1.29 bits per heavy atom. The van der Waals surface area contributed by atoms with E-state index >= 15 is 0 Å². The van der Waals surface area contributed by atoms with Gasteiger partial charge in [-0.3, -0.25) is 4.98 Å². The molecule has 1 heterocycles. The fourth-order valence-corrected chi connectivity index (χ4v) is 2.40. The summed E-state index contributed by atoms with van der Waals surface area (Å²) < 4.78 is 1.05. The van der Waals surface area contributed by atoms with Crippen LogP contribution >= 0.6 is 15.9 Å². The Hall–Kier alpha value is -1.35. The van der Waals surface area contributed by atoms with Crippen LogP contribution in [-0.4, -0.2) is 4.98 Å². The molecule has 2 rings (SSSR count). The fraction of sp³-hybridized carbons (Fsp3) is 0.214. The van der Waals surface area contributed by atoms with Gasteiger partial charge in [0.15, 0.2) is 0 Å². The summed E-state index contributed by atoms with van der Waals surface area (Å²) in [5.41, 5.74) is 9.09. The maximum atomic E-state index is 6.05. The third kappa shape index (κ3) is 2.67. The lowest BCUT2D eigenvalue weighted by molar-refractivity contribution is 0.751. The van der Waals surface area contributed by atoms with Gasteiger partial charge >= 0.3 is 0 Å². The second-order valence-corrected chi connectivity index (χ2v) is 4.90. The van der Waals surface area contributed by atoms with Crippen LogP contribution in [0, 0.1) is 0 Å². The third-order valence-corrected chi connectivity index (χ3v) is 3.37. The molecule has 0 fully saturated rings. The van der Waals surface area contributed by atoms with Gasteiger partial charge < -0.3 is 5.73 Å². The molecule has 1 atom stereocenters. The van der Waals surface area contributed by atoms with E-state index in [1.165, 1.54) is 0 Å². The van der Waals surface area contributed by atoms with Crippen LogP contribution in [0.5, 0.6) is 0 Å². The van der Waals surface area contributed by atoms with E-state index in [1.807, 2.05) is 30.5 Å². The van der Waals surface area contributed by atoms with Gasteiger partial charge in [0, 0.05) is 28.0 Å². The van der Waals surface area contributed by atoms with Crippen LogP contribution in [0.1, 0.15) is 30.5 Å². The molecule has 2 N–H and O–H groups in total. The van der Waals surface area contributed by atoms with E-state index in [9.17, 15) is 0 Å². The SMILES string of the molecule is CCC(c1ccccn1)c1cc(Br)ccc1N. The number of hydrogen-bond donors (Lipinski definition) is 1. The van der Waals surface area contributed by atoms with Crippen LogP contribution in [0.3, 0.4) is 0 Å². The van der Waals surface area contributed by atoms with Crippen LogP contribution in [0.25, 0.3) is 0 Å². The van der Waals surface area contributed by atoms with E-state index in [-0.39, 0.29) is 5.92 Å². The average Bonchev–Trinajstić information content (AvgIpc) is 2.36. The van der Waals surface area contributed by atoms with Crippen molar-refractivity contribution in [3.63, 3.8) is 0 Å². The zero-order chi connectivity index (χ0) is 12.3. The Bertz CT molecular complexity index is 497. The Kier molecular flexibility index (Phi) is 3.79. The van der Waals surface area contributed by atoms with E-state index < -0.39 is 0 Å². The fourth-order valence-electron chi connectivity index (χ4n) is 2.02. The van der Waals surface area contributed by atoms with Crippen molar-refractivity contribution in [2.75, 3.05) is 5.73 Å². The molecular formula is C14H15BrN2. The van der Waals surface area contributed by atoms with Crippen LogP contribution in [-0.2, 0) is 0 Å². The molecule has 0 saturated heterocycles. The van der Waals surface area contributed by atoms with Crippen molar-refractivity contribution in [1.29, 1.82) is 0 Å². The van der Waals surface area contributed by atoms with E-state index in [4.69, 9.17) is 5.73 Å². The maximum Gasteiger partial charge on any atom is 0.0479 e. The third-order valence-electron chi connectivity index (χ3n) is 2.88. The van der Waals surface area contributed by atoms with Gasteiger partial charge in [-0.25, -0.2) is 0 Å². The smallest absolute Gasteiger partial charge is 0.0479 e. The zero-order valence-corrected chi connectivity index (χ0v) is 11.3. The van der Waals surface area contributed by atoms with Gasteiger partial charge in [-0.05, 0) is 42.3 Å². The number of halogens is 1. The monoisotopic (exact) mass is 290 g/mol. The van der Waals surface area contributed by atoms with Crippen molar-refractivity contribution in [3.8, 4) is 0 Å². The zero-order valence-electron chi connectivity index (χ0n) is 9.73. The van der Waals surface area contributed by atoms with Gasteiger partial charge in [-0.15, -0.1) is 0 Å². The highest BCUT2D eigenvalue weighted by Crippen LogP contribution is 2.32. The van der Waals surface area contributed by atoms with Crippen LogP contribution in [0.15, 0.2) is 47.1 Å². The highest BCUT2D eigenvalue weighted by Gasteiger charge is 2.16. The van der Waals surface area contributed by atoms with Gasteiger partial charge in [0.05, 0.1) is 0 Å². The molecule has 1 aromatic heterocycles. The number of benzene rings is 1. The van der Waals surface area contributed by atoms with Gasteiger partial charge in [0.2, 0.25) is 0 Å². The number of aromatic nitrogens is 1. The van der Waals surface area contributed by atoms with E-state index in [0.717, 1.165) is 27.8 Å². The van der Waals surface area contributed by atoms with Crippen molar-refractivity contribution in [2.45, 2.75) is 19.3 Å². The molecule has 2 nitrogen and oxygen atoms in total. The van der Waals surface area contributed by atoms with Crippen LogP contribution < -0.4 is 5.73 Å². The quantitative estimate of drug-likeness (QED) is 0.869. The molecular weight excluding hydrogens is 276 g/mol. The normalized spacial score (nSPS) is 12.4. The predicted octanol–water partition coefficient (Wildman–Crippen LogP) is 3.97. The summed E-state index contributed by atoms with van der Waals surface area (Å²) in [6.07, 6.45) is 2.81. The van der Waals surface area contributed by atoms with E-state index in [0.29, 0.717) is 0 Å². The van der Waals surface area contributed by atoms with Gasteiger partial charge in [0.1, 0.15) is 0 Å². The minimum Gasteiger partial charge on any atom is -0.398 e. The molecule has 0 aliphatic heterocycles. The molecule has 1 aromatic carbocycles. The molecule has 0 saturated carbocycles. The molecule has 0 spiro atoms. The number of hydrogen-bond acceptors (Lipinski definition) is 2. The topological polar surface area (TPSA) is 38.9 Å². The summed E-state index contributed by atoms with van der Waals surface area (Å²) in [5.74, 6) is 0.258. The summed E-state index contributed by atoms with van der Waals surface area (Å²) in [5, 5.41) is 0. The van der Waals surface area contributed by atoms with Crippen molar-refractivity contribution < 1.29 is 0 Å². The first kappa shape index (κ1) is 12.1. The van der Waals surface area contributed by atoms with Gasteiger partial charge in [-0.2, -0.15) is 0 Å². The number of nitrogens with two attached hydrogens (primary N) is 1. The minimum atomic E-state index is 0.258. The number of nitrogen functional groups attached to an aromatic ring is 1. The van der Waals surface area contributed by atoms with Crippen molar-refractivity contribution in [3.05, 3.63) is 58.3 Å². The highest BCUT2D eigenvalue weighted by atomic mass is 79.9. The van der Waals surface area contributed by atoms with Crippen LogP contribution in [0.4, 0.5) is 5.69 Å². The molecule has 0 amide bonds. The summed E-state index contributed by atoms with van der Waals surface area (Å²) in [6.45, 7) is 2.15. The number of nitrogens with zero attached hydrogens (tertiary/aromatic N) is 1. The summed E-state index contributed by atoms with van der Waals surface area (Å²) in [7, 11) is 0. The summed E-state index contributed by atoms with van der Waals surface area (Å²) in [6, 6.07) is 12.0. The molecule has 2 aromatic rings. The Balaban J connectivity index is 2.46. The molecule has 88 valence electrons. The molecule has 0 bridgehead atoms. The molecule has 17 heavy (non-hydrogen) atoms. The first-order valence-electron chi connectivity index (χ1n) is 5.68. The van der Waals surface area contributed by atoms with E-state index in [2.05, 4.69) is 40.0 Å². The average molecular weight is 291 g/mol. The standard InChI is InChI=1S/C14H15BrN2/c1-2-11(14-5-3-4-8-17-14)12-9-10(15)6-7-13(12)16/h3-9,11H,2,16H2,1H3. The summed E-state index contributed by atoms with van der Waals surface area (Å²) >= 11 is 3.49. The first-order valence-corrected chi connectivity index (χ1v) is 6.47. The van der Waals surface area contributed by atoms with Gasteiger partial charge in [-0.1, -0.05) is 28.9 Å². The minimum absolute atomic E-state index is 0.258. The summed E-state index contributed by atoms with van der Waals surface area (Å²) in [4.78, 5) is 4.43. The van der Waals surface area contributed by atoms with E-state index in [1.54, 1.807) is 0 Å². The largest absolute Gasteiger partial charge is 0.398 e. The lowest BCUT2D eigenvalue weighted by atomic mass is 9.91. The lowest BCUT2D eigenvalue weighted by Crippen LogP contribution is -2.05. The Morgan fingerprint density at radius 2 is 2.12 bits per heavy atom. The maximum absolute atomic E-state index is 6.05. The predicted molar refractivity (Wildman–Crippen MR) is 74.9 cm³/mol. The van der Waals surface area contributed by atoms with Crippen molar-refractivity contribution in [1.82, 2.24) is 4.98 Å². The van der Waals surface area contributed by atoms with Gasteiger partial charge in [0.25, 0.3) is 0 Å². The number of rotatable bonds is 3. The molecule has 3 heteroatoms. The Morgan fingerprint density at radius 3 is 2.76 bits per heavy atom. The lowest BCUT2D eigenvalue weighted by Gasteiger charge is -2.17. The van der Waals surface area contributed by atoms with Crippen molar-refractivity contribution >= 4 is 21.6 Å². The van der Waals surface area contributed by atoms with Crippen LogP contribution in [0.2, 0.25) is 0 Å².